The molecule has 1 saturated heterocycles. The molecule has 2 heterocycles. The smallest absolute Gasteiger partial charge is 0.374 e. The van der Waals surface area contributed by atoms with E-state index in [-0.39, 0.29) is 31.9 Å². The van der Waals surface area contributed by atoms with E-state index in [4.69, 9.17) is 0 Å². The molecule has 158 valence electrons. The van der Waals surface area contributed by atoms with Gasteiger partial charge < -0.3 is 19.8 Å². The molecule has 2 saturated carbocycles. The van der Waals surface area contributed by atoms with Crippen LogP contribution in [0.25, 0.3) is 0 Å². The molecule has 0 bridgehead atoms. The Morgan fingerprint density at radius 3 is 1.74 bits per heavy atom. The van der Waals surface area contributed by atoms with Crippen molar-refractivity contribution in [3.05, 3.63) is 26.6 Å². The van der Waals surface area contributed by atoms with E-state index in [1.165, 1.54) is 45.2 Å². The van der Waals surface area contributed by atoms with E-state index in [1.54, 1.807) is 5.70 Å². The maximum atomic E-state index is 4.59. The van der Waals surface area contributed by atoms with E-state index in [0.717, 1.165) is 35.5 Å². The van der Waals surface area contributed by atoms with E-state index >= 15 is 0 Å². The summed E-state index contributed by atoms with van der Waals surface area (Å²) in [5.74, 6) is 5.44. The third-order valence-corrected chi connectivity index (χ3v) is 8.00. The first-order valence-corrected chi connectivity index (χ1v) is 10.5. The van der Waals surface area contributed by atoms with Crippen molar-refractivity contribution in [1.82, 2.24) is 4.90 Å². The molecule has 4 rings (SSSR count). The van der Waals surface area contributed by atoms with E-state index < -0.39 is 0 Å². The molecular formula is C24H44FeN2. The van der Waals surface area contributed by atoms with Crippen molar-refractivity contribution in [2.75, 3.05) is 13.1 Å². The number of fused-ring (bicyclic) bond motifs is 1. The van der Waals surface area contributed by atoms with Crippen molar-refractivity contribution in [3.8, 4) is 0 Å². The normalized spacial score (nSPS) is 39.2. The van der Waals surface area contributed by atoms with E-state index in [1.807, 2.05) is 6.21 Å². The molecule has 2 unspecified atom stereocenters. The van der Waals surface area contributed by atoms with Crippen LogP contribution in [0.4, 0.5) is 0 Å². The fraction of sp³-hybridized carbons (Fsp3) is 0.792. The van der Waals surface area contributed by atoms with Gasteiger partial charge in [-0.2, -0.15) is 0 Å². The number of dihydropyridines is 1. The third-order valence-electron chi connectivity index (χ3n) is 8.00. The number of hydrogen-bond acceptors (Lipinski definition) is 2. The van der Waals surface area contributed by atoms with E-state index in [2.05, 4.69) is 50.6 Å². The summed E-state index contributed by atoms with van der Waals surface area (Å²) in [6.45, 7) is 14.6. The first-order chi connectivity index (χ1) is 11.5. The van der Waals surface area contributed by atoms with E-state index in [9.17, 15) is 0 Å². The molecule has 2 aliphatic heterocycles. The minimum absolute atomic E-state index is 0. The number of nitrogens with zero attached hydrogens (tertiary/aromatic N) is 2. The SMILES string of the molecule is C1=NC2CCCC2C(N2CCCC2)=C1.CC1C(C)C(C)C(C)C1C.[CH3-].[CH3-].[Fe+2]. The summed E-state index contributed by atoms with van der Waals surface area (Å²) >= 11 is 0. The molecule has 0 aromatic carbocycles. The zero-order valence-electron chi connectivity index (χ0n) is 18.9. The molecule has 0 radical (unpaired) electrons. The number of hydrogen-bond donors (Lipinski definition) is 0. The van der Waals surface area contributed by atoms with Gasteiger partial charge in [-0.15, -0.1) is 0 Å². The minimum Gasteiger partial charge on any atom is -0.374 e. The molecule has 2 nitrogen and oxygen atoms in total. The molecule has 0 aromatic rings. The van der Waals surface area contributed by atoms with Gasteiger partial charge in [0.1, 0.15) is 0 Å². The molecule has 0 aromatic heterocycles. The van der Waals surface area contributed by atoms with Gasteiger partial charge in [0, 0.05) is 30.9 Å². The molecule has 0 amide bonds. The predicted molar refractivity (Wildman–Crippen MR) is 117 cm³/mol. The van der Waals surface area contributed by atoms with Gasteiger partial charge in [0.2, 0.25) is 0 Å². The maximum absolute atomic E-state index is 4.59. The fourth-order valence-corrected chi connectivity index (χ4v) is 5.53. The summed E-state index contributed by atoms with van der Waals surface area (Å²) in [6.07, 6.45) is 11.1. The Labute approximate surface area is 181 Å². The van der Waals surface area contributed by atoms with Crippen LogP contribution in [0.1, 0.15) is 66.7 Å². The third kappa shape index (κ3) is 5.63. The van der Waals surface area contributed by atoms with Gasteiger partial charge in [-0.05, 0) is 61.3 Å². The van der Waals surface area contributed by atoms with Crippen LogP contribution >= 0.6 is 0 Å². The molecule has 4 aliphatic rings. The second-order valence-electron chi connectivity index (χ2n) is 8.98. The first-order valence-electron chi connectivity index (χ1n) is 10.5. The fourth-order valence-electron chi connectivity index (χ4n) is 5.53. The number of likely N-dealkylation sites (tertiary alicyclic amines) is 1. The van der Waals surface area contributed by atoms with Gasteiger partial charge in [0.05, 0.1) is 6.04 Å². The van der Waals surface area contributed by atoms with Crippen molar-refractivity contribution in [3.63, 3.8) is 0 Å². The van der Waals surface area contributed by atoms with Gasteiger partial charge in [0.15, 0.2) is 0 Å². The van der Waals surface area contributed by atoms with Gasteiger partial charge in [-0.25, -0.2) is 0 Å². The van der Waals surface area contributed by atoms with Crippen molar-refractivity contribution < 1.29 is 17.1 Å². The summed E-state index contributed by atoms with van der Waals surface area (Å²) in [5, 5.41) is 0. The van der Waals surface area contributed by atoms with Crippen molar-refractivity contribution in [1.29, 1.82) is 0 Å². The molecule has 2 aliphatic carbocycles. The van der Waals surface area contributed by atoms with Gasteiger partial charge in [0.25, 0.3) is 0 Å². The molecule has 3 heteroatoms. The van der Waals surface area contributed by atoms with Crippen LogP contribution < -0.4 is 0 Å². The van der Waals surface area contributed by atoms with Crippen molar-refractivity contribution in [2.24, 2.45) is 40.5 Å². The Balaban J connectivity index is 0.000000473. The molecule has 0 spiro atoms. The summed E-state index contributed by atoms with van der Waals surface area (Å²) in [5.41, 5.74) is 1.60. The standard InChI is InChI=1S/C12H18N2.C10H20.2CH3.Fe/c1-2-9-14(8-1)12-6-7-13-11-5-3-4-10(11)12;1-6-7(2)9(4)10(5)8(6)3;;;/h6-7,10-11H,1-5,8-9H2;6-10H,1-5H3;2*1H3;/q;;2*-1;+2. The number of rotatable bonds is 1. The maximum Gasteiger partial charge on any atom is 2.00 e. The molecule has 3 fully saturated rings. The summed E-state index contributed by atoms with van der Waals surface area (Å²) in [7, 11) is 0. The van der Waals surface area contributed by atoms with Crippen LogP contribution in [0.3, 0.4) is 0 Å². The van der Waals surface area contributed by atoms with Gasteiger partial charge in [-0.1, -0.05) is 41.0 Å². The van der Waals surface area contributed by atoms with Crippen LogP contribution in [-0.2, 0) is 17.1 Å². The van der Waals surface area contributed by atoms with Crippen molar-refractivity contribution >= 4 is 6.21 Å². The van der Waals surface area contributed by atoms with Gasteiger partial charge >= 0.3 is 17.1 Å². The summed E-state index contributed by atoms with van der Waals surface area (Å²) in [4.78, 5) is 7.18. The second-order valence-corrected chi connectivity index (χ2v) is 8.98. The molecular weight excluding hydrogens is 372 g/mol. The second kappa shape index (κ2) is 11.7. The monoisotopic (exact) mass is 416 g/mol. The summed E-state index contributed by atoms with van der Waals surface area (Å²) < 4.78 is 0. The largest absolute Gasteiger partial charge is 2.00 e. The Hall–Kier alpha value is -0.271. The zero-order valence-corrected chi connectivity index (χ0v) is 20.0. The Morgan fingerprint density at radius 2 is 1.26 bits per heavy atom. The van der Waals surface area contributed by atoms with Crippen LogP contribution in [0, 0.1) is 50.4 Å². The topological polar surface area (TPSA) is 15.6 Å². The number of aliphatic imine (C=N–C) groups is 1. The quantitative estimate of drug-likeness (QED) is 0.362. The molecule has 27 heavy (non-hydrogen) atoms. The first kappa shape index (κ1) is 26.7. The minimum atomic E-state index is 0. The predicted octanol–water partition coefficient (Wildman–Crippen LogP) is 6.30. The van der Waals surface area contributed by atoms with E-state index in [0.29, 0.717) is 6.04 Å². The zero-order chi connectivity index (χ0) is 17.3. The van der Waals surface area contributed by atoms with Crippen LogP contribution in [-0.4, -0.2) is 30.2 Å². The Kier molecular flexibility index (Phi) is 11.5. The summed E-state index contributed by atoms with van der Waals surface area (Å²) in [6, 6.07) is 0.621. The van der Waals surface area contributed by atoms with Gasteiger partial charge in [-0.3, -0.25) is 4.99 Å². The van der Waals surface area contributed by atoms with Crippen LogP contribution in [0.15, 0.2) is 16.8 Å². The number of allylic oxidation sites excluding steroid dienone is 1. The molecule has 0 N–H and O–H groups in total. The Morgan fingerprint density at radius 1 is 0.778 bits per heavy atom. The average Bonchev–Trinajstić information content (AvgIpc) is 3.32. The average molecular weight is 416 g/mol. The molecule has 2 atom stereocenters. The Bertz CT molecular complexity index is 436. The van der Waals surface area contributed by atoms with Crippen LogP contribution in [0.5, 0.6) is 0 Å². The van der Waals surface area contributed by atoms with Crippen LogP contribution in [0.2, 0.25) is 0 Å². The van der Waals surface area contributed by atoms with Crippen molar-refractivity contribution in [2.45, 2.75) is 72.8 Å².